The molecule has 1 aliphatic rings. The van der Waals surface area contributed by atoms with Crippen LogP contribution in [0.25, 0.3) is 0 Å². The predicted octanol–water partition coefficient (Wildman–Crippen LogP) is 3.65. The maximum absolute atomic E-state index is 12.2. The first-order valence-electron chi connectivity index (χ1n) is 7.44. The number of hydrogen-bond donors (Lipinski definition) is 1. The van der Waals surface area contributed by atoms with Crippen LogP contribution in [0, 0.1) is 0 Å². The normalized spacial score (nSPS) is 15.9. The smallest absolute Gasteiger partial charge is 0.271 e. The summed E-state index contributed by atoms with van der Waals surface area (Å²) in [5.74, 6) is 1.26. The number of carbonyl (C=O) groups is 1. The third kappa shape index (κ3) is 3.13. The highest BCUT2D eigenvalue weighted by molar-refractivity contribution is 7.10. The van der Waals surface area contributed by atoms with Crippen LogP contribution in [0.2, 0.25) is 0 Å². The van der Waals surface area contributed by atoms with Crippen molar-refractivity contribution in [2.24, 2.45) is 0 Å². The van der Waals surface area contributed by atoms with E-state index in [0.29, 0.717) is 24.6 Å². The van der Waals surface area contributed by atoms with Crippen molar-refractivity contribution in [1.29, 1.82) is 0 Å². The molecule has 0 spiro atoms. The van der Waals surface area contributed by atoms with Gasteiger partial charge in [0.05, 0.1) is 6.54 Å². The fraction of sp³-hybridized carbons (Fsp3) is 0.176. The maximum Gasteiger partial charge on any atom is 0.271 e. The van der Waals surface area contributed by atoms with E-state index < -0.39 is 0 Å². The van der Waals surface area contributed by atoms with Crippen molar-refractivity contribution in [2.75, 3.05) is 6.61 Å². The number of nitrogens with one attached hydrogen (secondary N) is 1. The van der Waals surface area contributed by atoms with Crippen LogP contribution in [-0.2, 0) is 6.54 Å². The Morgan fingerprint density at radius 2 is 2.08 bits per heavy atom. The zero-order valence-corrected chi connectivity index (χ0v) is 14.2. The number of amides is 1. The largest absolute Gasteiger partial charge is 0.485 e. The molecule has 4 rings (SSSR count). The second-order valence-electron chi connectivity index (χ2n) is 5.20. The van der Waals surface area contributed by atoms with Crippen LogP contribution in [0.4, 0.5) is 0 Å². The molecule has 0 aliphatic carbocycles. The predicted molar refractivity (Wildman–Crippen MR) is 92.9 cm³/mol. The minimum absolute atomic E-state index is 0.178. The average Bonchev–Trinajstić information content (AvgIpc) is 3.31. The highest BCUT2D eigenvalue weighted by Crippen LogP contribution is 2.36. The number of benzene rings is 1. The molecule has 1 amide bonds. The Balaban J connectivity index is 1.42. The zero-order valence-electron chi connectivity index (χ0n) is 12.6. The van der Waals surface area contributed by atoms with Gasteiger partial charge in [0.2, 0.25) is 0 Å². The van der Waals surface area contributed by atoms with Crippen molar-refractivity contribution >= 4 is 28.6 Å². The summed E-state index contributed by atoms with van der Waals surface area (Å²) in [6, 6.07) is 11.5. The van der Waals surface area contributed by atoms with Gasteiger partial charge in [0.15, 0.2) is 17.6 Å². The summed E-state index contributed by atoms with van der Waals surface area (Å²) in [4.78, 5) is 17.7. The molecule has 3 heterocycles. The van der Waals surface area contributed by atoms with Crippen LogP contribution < -0.4 is 14.8 Å². The van der Waals surface area contributed by atoms with Gasteiger partial charge in [-0.25, -0.2) is 4.98 Å². The van der Waals surface area contributed by atoms with Crippen LogP contribution in [-0.4, -0.2) is 17.5 Å². The van der Waals surface area contributed by atoms with Gasteiger partial charge in [-0.05, 0) is 23.6 Å². The number of thiazole rings is 1. The summed E-state index contributed by atoms with van der Waals surface area (Å²) in [6.45, 7) is 0.903. The van der Waals surface area contributed by atoms with Gasteiger partial charge in [-0.2, -0.15) is 0 Å². The van der Waals surface area contributed by atoms with Crippen molar-refractivity contribution in [2.45, 2.75) is 12.6 Å². The van der Waals surface area contributed by atoms with Gasteiger partial charge in [-0.15, -0.1) is 22.7 Å². The maximum atomic E-state index is 12.2. The van der Waals surface area contributed by atoms with Gasteiger partial charge in [-0.3, -0.25) is 4.79 Å². The molecule has 0 radical (unpaired) electrons. The van der Waals surface area contributed by atoms with Crippen LogP contribution in [0.5, 0.6) is 11.5 Å². The lowest BCUT2D eigenvalue weighted by molar-refractivity contribution is 0.0898. The Kier molecular flexibility index (Phi) is 4.18. The van der Waals surface area contributed by atoms with E-state index in [2.05, 4.69) is 10.3 Å². The van der Waals surface area contributed by atoms with E-state index in [4.69, 9.17) is 9.47 Å². The molecular weight excluding hydrogens is 344 g/mol. The fourth-order valence-electron chi connectivity index (χ4n) is 2.35. The second-order valence-corrected chi connectivity index (χ2v) is 7.12. The monoisotopic (exact) mass is 358 g/mol. The van der Waals surface area contributed by atoms with Crippen LogP contribution >= 0.6 is 22.7 Å². The standard InChI is InChI=1S/C17H14N2O3S2/c20-16(18-8-11-4-3-7-23-11)12-10-24-17(19-12)15-9-21-13-5-1-2-6-14(13)22-15/h1-7,10,15H,8-9H2,(H,18,20)/t15-/m0/s1. The van der Waals surface area contributed by atoms with Crippen molar-refractivity contribution < 1.29 is 14.3 Å². The Morgan fingerprint density at radius 3 is 2.92 bits per heavy atom. The lowest BCUT2D eigenvalue weighted by Gasteiger charge is -2.24. The third-order valence-electron chi connectivity index (χ3n) is 3.54. The average molecular weight is 358 g/mol. The first kappa shape index (κ1) is 15.2. The van der Waals surface area contributed by atoms with Gasteiger partial charge in [0, 0.05) is 10.3 Å². The van der Waals surface area contributed by atoms with Crippen LogP contribution in [0.1, 0.15) is 26.5 Å². The van der Waals surface area contributed by atoms with Gasteiger partial charge < -0.3 is 14.8 Å². The summed E-state index contributed by atoms with van der Waals surface area (Å²) >= 11 is 3.02. The molecule has 0 unspecified atom stereocenters. The van der Waals surface area contributed by atoms with Gasteiger partial charge in [0.25, 0.3) is 5.91 Å². The molecule has 0 fully saturated rings. The van der Waals surface area contributed by atoms with Crippen LogP contribution in [0.15, 0.2) is 47.2 Å². The Labute approximate surface area is 146 Å². The van der Waals surface area contributed by atoms with Crippen molar-refractivity contribution in [3.8, 4) is 11.5 Å². The lowest BCUT2D eigenvalue weighted by atomic mass is 10.2. The van der Waals surface area contributed by atoms with Crippen molar-refractivity contribution in [3.05, 3.63) is 62.7 Å². The summed E-state index contributed by atoms with van der Waals surface area (Å²) in [6.07, 6.45) is -0.288. The molecular formula is C17H14N2O3S2. The molecule has 122 valence electrons. The Morgan fingerprint density at radius 1 is 1.21 bits per heavy atom. The quantitative estimate of drug-likeness (QED) is 0.773. The van der Waals surface area contributed by atoms with Gasteiger partial charge in [0.1, 0.15) is 17.3 Å². The summed E-state index contributed by atoms with van der Waals surface area (Å²) in [5, 5.41) is 7.36. The minimum Gasteiger partial charge on any atom is -0.485 e. The molecule has 0 saturated carbocycles. The van der Waals surface area contributed by atoms with E-state index >= 15 is 0 Å². The number of hydrogen-bond acceptors (Lipinski definition) is 6. The highest BCUT2D eigenvalue weighted by Gasteiger charge is 2.25. The molecule has 3 aromatic rings. The summed E-state index contributed by atoms with van der Waals surface area (Å²) < 4.78 is 11.6. The van der Waals surface area contributed by atoms with E-state index in [1.54, 1.807) is 16.7 Å². The molecule has 5 nitrogen and oxygen atoms in total. The lowest BCUT2D eigenvalue weighted by Crippen LogP contribution is -2.24. The van der Waals surface area contributed by atoms with Crippen LogP contribution in [0.3, 0.4) is 0 Å². The number of thiophene rings is 1. The SMILES string of the molecule is O=C(NCc1cccs1)c1csc([C@@H]2COc3ccccc3O2)n1. The molecule has 1 atom stereocenters. The number of rotatable bonds is 4. The number of carbonyl (C=O) groups excluding carboxylic acids is 1. The van der Waals surface area contributed by atoms with E-state index in [9.17, 15) is 4.79 Å². The van der Waals surface area contributed by atoms with Gasteiger partial charge in [-0.1, -0.05) is 18.2 Å². The molecule has 24 heavy (non-hydrogen) atoms. The number of ether oxygens (including phenoxy) is 2. The van der Waals surface area contributed by atoms with E-state index in [1.165, 1.54) is 11.3 Å². The first-order chi connectivity index (χ1) is 11.8. The summed E-state index contributed by atoms with van der Waals surface area (Å²) in [7, 11) is 0. The molecule has 1 aromatic carbocycles. The van der Waals surface area contributed by atoms with Gasteiger partial charge >= 0.3 is 0 Å². The number of nitrogens with zero attached hydrogens (tertiary/aromatic N) is 1. The third-order valence-corrected chi connectivity index (χ3v) is 5.36. The fourth-order valence-corrected chi connectivity index (χ4v) is 3.81. The highest BCUT2D eigenvalue weighted by atomic mass is 32.1. The molecule has 0 saturated heterocycles. The minimum atomic E-state index is -0.288. The Bertz CT molecular complexity index is 845. The first-order valence-corrected chi connectivity index (χ1v) is 9.20. The van der Waals surface area contributed by atoms with E-state index in [1.807, 2.05) is 41.8 Å². The van der Waals surface area contributed by atoms with E-state index in [0.717, 1.165) is 15.6 Å². The number of fused-ring (bicyclic) bond motifs is 1. The summed E-state index contributed by atoms with van der Waals surface area (Å²) in [5.41, 5.74) is 0.411. The van der Waals surface area contributed by atoms with Crippen molar-refractivity contribution in [3.63, 3.8) is 0 Å². The topological polar surface area (TPSA) is 60.5 Å². The molecule has 7 heteroatoms. The zero-order chi connectivity index (χ0) is 16.4. The molecule has 1 aliphatic heterocycles. The molecule has 2 aromatic heterocycles. The van der Waals surface area contributed by atoms with E-state index in [-0.39, 0.29) is 12.0 Å². The Hall–Kier alpha value is -2.38. The number of para-hydroxylation sites is 2. The van der Waals surface area contributed by atoms with Crippen molar-refractivity contribution in [1.82, 2.24) is 10.3 Å². The molecule has 0 bridgehead atoms. The second kappa shape index (κ2) is 6.62. The molecule has 1 N–H and O–H groups in total. The number of aromatic nitrogens is 1.